The molecule has 31 heavy (non-hydrogen) atoms. The van der Waals surface area contributed by atoms with Crippen LogP contribution in [0.3, 0.4) is 0 Å². The molecule has 1 unspecified atom stereocenters. The van der Waals surface area contributed by atoms with Crippen molar-refractivity contribution in [3.05, 3.63) is 53.1 Å². The Morgan fingerprint density at radius 2 is 1.94 bits per heavy atom. The Hall–Kier alpha value is -3.06. The molecule has 2 aromatic carbocycles. The molecule has 1 fully saturated rings. The molecule has 3 amide bonds. The summed E-state index contributed by atoms with van der Waals surface area (Å²) in [6.07, 6.45) is 1.01. The topological polar surface area (TPSA) is 73.0 Å². The van der Waals surface area contributed by atoms with Crippen molar-refractivity contribution in [2.24, 2.45) is 0 Å². The number of para-hydroxylation sites is 1. The number of benzene rings is 2. The van der Waals surface area contributed by atoms with Gasteiger partial charge in [0.05, 0.1) is 22.6 Å². The maximum Gasteiger partial charge on any atom is 0.257 e. The zero-order valence-electron chi connectivity index (χ0n) is 17.8. The van der Waals surface area contributed by atoms with Gasteiger partial charge in [0.1, 0.15) is 5.66 Å². The molecule has 1 atom stereocenters. The first-order valence-electron chi connectivity index (χ1n) is 10.2. The minimum atomic E-state index is -0.770. The standard InChI is InChI=1S/C23H25ClN4O3/c1-23-12-10-21(30)28(23)18-7-5-4-6-16(18)22(31)27(23)13-11-20(29)25-17-14-15(24)8-9-19(17)26(2)3/h4-9,14H,10-13H2,1-3H3,(H,25,29). The number of anilines is 3. The van der Waals surface area contributed by atoms with Gasteiger partial charge in [-0.1, -0.05) is 23.7 Å². The molecule has 0 saturated carbocycles. The van der Waals surface area contributed by atoms with E-state index in [0.29, 0.717) is 34.8 Å². The molecule has 1 saturated heterocycles. The summed E-state index contributed by atoms with van der Waals surface area (Å²) < 4.78 is 0. The van der Waals surface area contributed by atoms with E-state index in [9.17, 15) is 14.4 Å². The number of hydrogen-bond acceptors (Lipinski definition) is 4. The summed E-state index contributed by atoms with van der Waals surface area (Å²) >= 11 is 6.10. The molecule has 2 aromatic rings. The molecule has 2 heterocycles. The zero-order valence-corrected chi connectivity index (χ0v) is 18.6. The van der Waals surface area contributed by atoms with E-state index in [4.69, 9.17) is 11.6 Å². The third-order valence-corrected chi connectivity index (χ3v) is 6.26. The maximum atomic E-state index is 13.3. The Morgan fingerprint density at radius 1 is 1.19 bits per heavy atom. The average molecular weight is 441 g/mol. The number of nitrogens with one attached hydrogen (secondary N) is 1. The molecule has 0 aromatic heterocycles. The SMILES string of the molecule is CN(C)c1ccc(Cl)cc1NC(=O)CCN1C(=O)c2ccccc2N2C(=O)CCC12C. The fraction of sp³-hybridized carbons (Fsp3) is 0.348. The number of carbonyl (C=O) groups is 3. The lowest BCUT2D eigenvalue weighted by Gasteiger charge is -2.48. The summed E-state index contributed by atoms with van der Waals surface area (Å²) in [6, 6.07) is 12.5. The first-order valence-corrected chi connectivity index (χ1v) is 10.6. The van der Waals surface area contributed by atoms with E-state index >= 15 is 0 Å². The van der Waals surface area contributed by atoms with Crippen molar-refractivity contribution >= 4 is 46.4 Å². The number of hydrogen-bond donors (Lipinski definition) is 1. The van der Waals surface area contributed by atoms with Gasteiger partial charge in [-0.3, -0.25) is 19.3 Å². The van der Waals surface area contributed by atoms with E-state index in [1.807, 2.05) is 38.1 Å². The van der Waals surface area contributed by atoms with Crippen LogP contribution in [0.2, 0.25) is 5.02 Å². The van der Waals surface area contributed by atoms with Gasteiger partial charge in [-0.2, -0.15) is 0 Å². The molecule has 0 aliphatic carbocycles. The Balaban J connectivity index is 1.55. The lowest BCUT2D eigenvalue weighted by molar-refractivity contribution is -0.117. The van der Waals surface area contributed by atoms with Crippen LogP contribution in [0.15, 0.2) is 42.5 Å². The molecule has 0 bridgehead atoms. The Labute approximate surface area is 186 Å². The molecular weight excluding hydrogens is 416 g/mol. The monoisotopic (exact) mass is 440 g/mol. The van der Waals surface area contributed by atoms with Crippen molar-refractivity contribution < 1.29 is 14.4 Å². The van der Waals surface area contributed by atoms with Gasteiger partial charge in [0, 0.05) is 38.5 Å². The normalized spacial score (nSPS) is 19.9. The number of amides is 3. The van der Waals surface area contributed by atoms with Gasteiger partial charge in [0.15, 0.2) is 0 Å². The predicted molar refractivity (Wildman–Crippen MR) is 122 cm³/mol. The second-order valence-electron chi connectivity index (χ2n) is 8.27. The lowest BCUT2D eigenvalue weighted by atomic mass is 9.98. The van der Waals surface area contributed by atoms with Crippen LogP contribution in [0.4, 0.5) is 17.1 Å². The van der Waals surface area contributed by atoms with Gasteiger partial charge in [-0.25, -0.2) is 0 Å². The minimum absolute atomic E-state index is 0.00791. The first kappa shape index (κ1) is 21.2. The average Bonchev–Trinajstić information content (AvgIpc) is 3.03. The van der Waals surface area contributed by atoms with Crippen LogP contribution >= 0.6 is 11.6 Å². The summed E-state index contributed by atoms with van der Waals surface area (Å²) in [5.74, 6) is -0.392. The van der Waals surface area contributed by atoms with Gasteiger partial charge in [0.25, 0.3) is 5.91 Å². The van der Waals surface area contributed by atoms with Crippen molar-refractivity contribution in [3.63, 3.8) is 0 Å². The fourth-order valence-corrected chi connectivity index (χ4v) is 4.64. The fourth-order valence-electron chi connectivity index (χ4n) is 4.47. The summed E-state index contributed by atoms with van der Waals surface area (Å²) in [4.78, 5) is 43.9. The van der Waals surface area contributed by atoms with Crippen molar-refractivity contribution in [1.29, 1.82) is 0 Å². The number of nitrogens with zero attached hydrogens (tertiary/aromatic N) is 3. The molecule has 1 N–H and O–H groups in total. The van der Waals surface area contributed by atoms with Gasteiger partial charge in [-0.15, -0.1) is 0 Å². The quantitative estimate of drug-likeness (QED) is 0.768. The highest BCUT2D eigenvalue weighted by Crippen LogP contribution is 2.44. The Bertz CT molecular complexity index is 1070. The minimum Gasteiger partial charge on any atom is -0.376 e. The molecule has 4 rings (SSSR count). The Kier molecular flexibility index (Phi) is 5.39. The van der Waals surface area contributed by atoms with Crippen LogP contribution in [0, 0.1) is 0 Å². The molecule has 0 spiro atoms. The molecule has 2 aliphatic heterocycles. The summed E-state index contributed by atoms with van der Waals surface area (Å²) in [6.45, 7) is 2.10. The summed E-state index contributed by atoms with van der Waals surface area (Å²) in [5, 5.41) is 3.43. The number of halogens is 1. The van der Waals surface area contributed by atoms with Crippen molar-refractivity contribution in [2.75, 3.05) is 35.8 Å². The smallest absolute Gasteiger partial charge is 0.257 e. The van der Waals surface area contributed by atoms with Crippen LogP contribution < -0.4 is 15.1 Å². The van der Waals surface area contributed by atoms with Crippen LogP contribution in [0.25, 0.3) is 0 Å². The highest BCUT2D eigenvalue weighted by Gasteiger charge is 2.52. The summed E-state index contributed by atoms with van der Waals surface area (Å²) in [7, 11) is 3.77. The molecular formula is C23H25ClN4O3. The van der Waals surface area contributed by atoms with E-state index in [0.717, 1.165) is 5.69 Å². The Morgan fingerprint density at radius 3 is 2.68 bits per heavy atom. The number of carbonyl (C=O) groups excluding carboxylic acids is 3. The third kappa shape index (κ3) is 3.63. The predicted octanol–water partition coefficient (Wildman–Crippen LogP) is 3.73. The second-order valence-corrected chi connectivity index (χ2v) is 8.71. The third-order valence-electron chi connectivity index (χ3n) is 6.02. The van der Waals surface area contributed by atoms with Crippen molar-refractivity contribution in [1.82, 2.24) is 4.90 Å². The van der Waals surface area contributed by atoms with Gasteiger partial charge in [-0.05, 0) is 43.7 Å². The van der Waals surface area contributed by atoms with E-state index < -0.39 is 5.66 Å². The summed E-state index contributed by atoms with van der Waals surface area (Å²) in [5.41, 5.74) is 1.81. The van der Waals surface area contributed by atoms with E-state index in [2.05, 4.69) is 5.32 Å². The molecule has 2 aliphatic rings. The van der Waals surface area contributed by atoms with Crippen LogP contribution in [0.1, 0.15) is 36.5 Å². The van der Waals surface area contributed by atoms with Crippen molar-refractivity contribution in [2.45, 2.75) is 31.8 Å². The first-order chi connectivity index (χ1) is 14.7. The van der Waals surface area contributed by atoms with Crippen molar-refractivity contribution in [3.8, 4) is 0 Å². The van der Waals surface area contributed by atoms with Gasteiger partial charge in [0.2, 0.25) is 11.8 Å². The van der Waals surface area contributed by atoms with Gasteiger partial charge < -0.3 is 15.1 Å². The molecule has 162 valence electrons. The molecule has 8 heteroatoms. The molecule has 7 nitrogen and oxygen atoms in total. The largest absolute Gasteiger partial charge is 0.376 e. The highest BCUT2D eigenvalue weighted by molar-refractivity contribution is 6.31. The van der Waals surface area contributed by atoms with Gasteiger partial charge >= 0.3 is 0 Å². The number of rotatable bonds is 5. The van der Waals surface area contributed by atoms with E-state index in [1.54, 1.807) is 40.1 Å². The second kappa shape index (κ2) is 7.89. The highest BCUT2D eigenvalue weighted by atomic mass is 35.5. The van der Waals surface area contributed by atoms with Crippen LogP contribution in [-0.4, -0.2) is 48.9 Å². The maximum absolute atomic E-state index is 13.3. The zero-order chi connectivity index (χ0) is 22.3. The van der Waals surface area contributed by atoms with E-state index in [1.165, 1.54) is 0 Å². The van der Waals surface area contributed by atoms with E-state index in [-0.39, 0.29) is 30.7 Å². The number of fused-ring (bicyclic) bond motifs is 3. The lowest BCUT2D eigenvalue weighted by Crippen LogP contribution is -2.62. The molecule has 0 radical (unpaired) electrons. The van der Waals surface area contributed by atoms with Crippen LogP contribution in [-0.2, 0) is 9.59 Å². The van der Waals surface area contributed by atoms with Crippen LogP contribution in [0.5, 0.6) is 0 Å².